The Morgan fingerprint density at radius 2 is 1.70 bits per heavy atom. The van der Waals surface area contributed by atoms with Crippen LogP contribution in [0.2, 0.25) is 0 Å². The Morgan fingerprint density at radius 3 is 2.26 bits per heavy atom. The molecule has 0 aliphatic carbocycles. The summed E-state index contributed by atoms with van der Waals surface area (Å²) < 4.78 is 37.9. The van der Waals surface area contributed by atoms with Gasteiger partial charge in [0.05, 0.1) is 11.3 Å². The van der Waals surface area contributed by atoms with Crippen molar-refractivity contribution in [1.82, 2.24) is 9.97 Å². The Labute approximate surface area is 131 Å². The summed E-state index contributed by atoms with van der Waals surface area (Å²) in [5, 5.41) is 0. The molecule has 1 aromatic carbocycles. The molecule has 1 aromatic heterocycles. The lowest BCUT2D eigenvalue weighted by atomic mass is 10.1. The molecule has 2 aromatic rings. The SMILES string of the molecule is O=Cc1cc(-c2ccc(C(F)(F)F)cc2)nc(N2CCCC2)n1. The second-order valence-corrected chi connectivity index (χ2v) is 5.37. The monoisotopic (exact) mass is 321 g/mol. The molecule has 4 nitrogen and oxygen atoms in total. The van der Waals surface area contributed by atoms with Crippen LogP contribution >= 0.6 is 0 Å². The molecule has 0 atom stereocenters. The Bertz CT molecular complexity index is 708. The van der Waals surface area contributed by atoms with Crippen molar-refractivity contribution in [2.75, 3.05) is 18.0 Å². The number of aromatic nitrogens is 2. The van der Waals surface area contributed by atoms with Crippen LogP contribution in [-0.4, -0.2) is 29.3 Å². The topological polar surface area (TPSA) is 46.1 Å². The van der Waals surface area contributed by atoms with Gasteiger partial charge in [0.2, 0.25) is 5.95 Å². The highest BCUT2D eigenvalue weighted by Gasteiger charge is 2.30. The van der Waals surface area contributed by atoms with E-state index in [4.69, 9.17) is 0 Å². The highest BCUT2D eigenvalue weighted by molar-refractivity contribution is 5.76. The van der Waals surface area contributed by atoms with Crippen molar-refractivity contribution in [2.45, 2.75) is 19.0 Å². The minimum atomic E-state index is -4.38. The molecule has 0 bridgehead atoms. The van der Waals surface area contributed by atoms with Crippen molar-refractivity contribution in [2.24, 2.45) is 0 Å². The summed E-state index contributed by atoms with van der Waals surface area (Å²) in [7, 11) is 0. The van der Waals surface area contributed by atoms with Crippen molar-refractivity contribution < 1.29 is 18.0 Å². The number of benzene rings is 1. The van der Waals surface area contributed by atoms with Gasteiger partial charge in [0, 0.05) is 18.7 Å². The maximum absolute atomic E-state index is 12.6. The molecule has 1 aliphatic rings. The minimum Gasteiger partial charge on any atom is -0.341 e. The summed E-state index contributed by atoms with van der Waals surface area (Å²) in [5.74, 6) is 0.446. The van der Waals surface area contributed by atoms with E-state index in [1.54, 1.807) is 0 Å². The predicted octanol–water partition coefficient (Wildman–Crippen LogP) is 3.58. The van der Waals surface area contributed by atoms with Crippen LogP contribution in [0.1, 0.15) is 28.9 Å². The van der Waals surface area contributed by atoms with Gasteiger partial charge in [-0.05, 0) is 31.0 Å². The molecule has 0 N–H and O–H groups in total. The van der Waals surface area contributed by atoms with E-state index in [9.17, 15) is 18.0 Å². The fraction of sp³-hybridized carbons (Fsp3) is 0.312. The van der Waals surface area contributed by atoms with Gasteiger partial charge < -0.3 is 4.90 Å². The van der Waals surface area contributed by atoms with Crippen molar-refractivity contribution in [1.29, 1.82) is 0 Å². The molecule has 3 rings (SSSR count). The van der Waals surface area contributed by atoms with Crippen molar-refractivity contribution >= 4 is 12.2 Å². The summed E-state index contributed by atoms with van der Waals surface area (Å²) in [6, 6.07) is 6.21. The van der Waals surface area contributed by atoms with Crippen LogP contribution in [0.5, 0.6) is 0 Å². The lowest BCUT2D eigenvalue weighted by Crippen LogP contribution is -2.21. The van der Waals surface area contributed by atoms with Gasteiger partial charge in [-0.25, -0.2) is 9.97 Å². The van der Waals surface area contributed by atoms with Crippen LogP contribution in [0, 0.1) is 0 Å². The zero-order chi connectivity index (χ0) is 16.4. The first-order chi connectivity index (χ1) is 11.0. The summed E-state index contributed by atoms with van der Waals surface area (Å²) in [6.45, 7) is 1.63. The first kappa shape index (κ1) is 15.5. The number of rotatable bonds is 3. The average Bonchev–Trinajstić information content (AvgIpc) is 3.08. The first-order valence-corrected chi connectivity index (χ1v) is 7.24. The van der Waals surface area contributed by atoms with Crippen molar-refractivity contribution in [3.05, 3.63) is 41.6 Å². The van der Waals surface area contributed by atoms with Gasteiger partial charge in [0.15, 0.2) is 6.29 Å². The fourth-order valence-electron chi connectivity index (χ4n) is 2.55. The highest BCUT2D eigenvalue weighted by atomic mass is 19.4. The molecule has 120 valence electrons. The Hall–Kier alpha value is -2.44. The fourth-order valence-corrected chi connectivity index (χ4v) is 2.55. The summed E-state index contributed by atoms with van der Waals surface area (Å²) in [5.41, 5.74) is 0.462. The van der Waals surface area contributed by atoms with E-state index in [-0.39, 0.29) is 5.69 Å². The smallest absolute Gasteiger partial charge is 0.341 e. The predicted molar refractivity (Wildman–Crippen MR) is 79.3 cm³/mol. The third kappa shape index (κ3) is 3.33. The molecule has 0 radical (unpaired) electrons. The molecule has 1 aliphatic heterocycles. The molecule has 0 saturated carbocycles. The molecule has 0 amide bonds. The largest absolute Gasteiger partial charge is 0.416 e. The summed E-state index contributed by atoms with van der Waals surface area (Å²) in [6.07, 6.45) is -1.69. The number of nitrogens with zero attached hydrogens (tertiary/aromatic N) is 3. The summed E-state index contributed by atoms with van der Waals surface area (Å²) >= 11 is 0. The molecular formula is C16H14F3N3O. The molecule has 1 saturated heterocycles. The van der Waals surface area contributed by atoms with Crippen LogP contribution in [0.25, 0.3) is 11.3 Å². The molecular weight excluding hydrogens is 307 g/mol. The number of hydrogen-bond acceptors (Lipinski definition) is 4. The van der Waals surface area contributed by atoms with Gasteiger partial charge in [-0.15, -0.1) is 0 Å². The third-order valence-corrected chi connectivity index (χ3v) is 3.75. The van der Waals surface area contributed by atoms with Crippen molar-refractivity contribution in [3.63, 3.8) is 0 Å². The van der Waals surface area contributed by atoms with E-state index in [2.05, 4.69) is 9.97 Å². The minimum absolute atomic E-state index is 0.219. The molecule has 1 fully saturated rings. The standard InChI is InChI=1S/C16H14F3N3O/c17-16(18,19)12-5-3-11(4-6-12)14-9-13(10-23)20-15(21-14)22-7-1-2-8-22/h3-6,9-10H,1-2,7-8H2. The lowest BCUT2D eigenvalue weighted by molar-refractivity contribution is -0.137. The Morgan fingerprint density at radius 1 is 1.04 bits per heavy atom. The highest BCUT2D eigenvalue weighted by Crippen LogP contribution is 2.31. The van der Waals surface area contributed by atoms with Crippen LogP contribution < -0.4 is 4.90 Å². The second kappa shape index (κ2) is 5.98. The Kier molecular flexibility index (Phi) is 4.02. The molecule has 2 heterocycles. The van der Waals surface area contributed by atoms with E-state index in [1.165, 1.54) is 18.2 Å². The van der Waals surface area contributed by atoms with E-state index < -0.39 is 11.7 Å². The average molecular weight is 321 g/mol. The van der Waals surface area contributed by atoms with Gasteiger partial charge in [-0.3, -0.25) is 4.79 Å². The number of anilines is 1. The van der Waals surface area contributed by atoms with Gasteiger partial charge in [0.25, 0.3) is 0 Å². The Balaban J connectivity index is 1.98. The summed E-state index contributed by atoms with van der Waals surface area (Å²) in [4.78, 5) is 21.6. The van der Waals surface area contributed by atoms with Crippen LogP contribution in [0.4, 0.5) is 19.1 Å². The van der Waals surface area contributed by atoms with Crippen LogP contribution in [0.3, 0.4) is 0 Å². The number of halogens is 3. The number of aldehydes is 1. The zero-order valence-electron chi connectivity index (χ0n) is 12.2. The van der Waals surface area contributed by atoms with Crippen LogP contribution in [-0.2, 0) is 6.18 Å². The quantitative estimate of drug-likeness (QED) is 0.811. The van der Waals surface area contributed by atoms with Gasteiger partial charge in [-0.2, -0.15) is 13.2 Å². The molecule has 23 heavy (non-hydrogen) atoms. The number of alkyl halides is 3. The van der Waals surface area contributed by atoms with E-state index in [0.29, 0.717) is 23.5 Å². The van der Waals surface area contributed by atoms with Crippen molar-refractivity contribution in [3.8, 4) is 11.3 Å². The lowest BCUT2D eigenvalue weighted by Gasteiger charge is -2.16. The van der Waals surface area contributed by atoms with E-state index >= 15 is 0 Å². The first-order valence-electron chi connectivity index (χ1n) is 7.24. The normalized spacial score (nSPS) is 15.0. The van der Waals surface area contributed by atoms with E-state index in [0.717, 1.165) is 38.1 Å². The maximum atomic E-state index is 12.6. The van der Waals surface area contributed by atoms with Gasteiger partial charge >= 0.3 is 6.18 Å². The molecule has 0 spiro atoms. The molecule has 0 unspecified atom stereocenters. The van der Waals surface area contributed by atoms with Gasteiger partial charge in [-0.1, -0.05) is 12.1 Å². The number of carbonyl (C=O) groups is 1. The molecule has 7 heteroatoms. The zero-order valence-corrected chi connectivity index (χ0v) is 12.2. The number of carbonyl (C=O) groups excluding carboxylic acids is 1. The number of hydrogen-bond donors (Lipinski definition) is 0. The maximum Gasteiger partial charge on any atom is 0.416 e. The van der Waals surface area contributed by atoms with E-state index in [1.807, 2.05) is 4.90 Å². The van der Waals surface area contributed by atoms with Crippen LogP contribution in [0.15, 0.2) is 30.3 Å². The third-order valence-electron chi connectivity index (χ3n) is 3.75. The second-order valence-electron chi connectivity index (χ2n) is 5.37. The van der Waals surface area contributed by atoms with Gasteiger partial charge in [0.1, 0.15) is 5.69 Å².